The second kappa shape index (κ2) is 8.19. The molecule has 144 valence electrons. The highest BCUT2D eigenvalue weighted by atomic mass is 35.5. The van der Waals surface area contributed by atoms with E-state index in [1.165, 1.54) is 10.4 Å². The molecule has 1 heterocycles. The van der Waals surface area contributed by atoms with Gasteiger partial charge in [0.15, 0.2) is 0 Å². The van der Waals surface area contributed by atoms with Gasteiger partial charge in [-0.15, -0.1) is 0 Å². The molecule has 2 aromatic carbocycles. The summed E-state index contributed by atoms with van der Waals surface area (Å²) in [4.78, 5) is 12.8. The first-order valence-corrected chi connectivity index (χ1v) is 10.9. The minimum atomic E-state index is -3.58. The Morgan fingerprint density at radius 2 is 1.78 bits per heavy atom. The van der Waals surface area contributed by atoms with E-state index >= 15 is 0 Å². The molecule has 3 rings (SSSR count). The zero-order valence-corrected chi connectivity index (χ0v) is 17.2. The van der Waals surface area contributed by atoms with E-state index in [-0.39, 0.29) is 20.5 Å². The molecule has 0 aromatic heterocycles. The van der Waals surface area contributed by atoms with Crippen LogP contribution in [0, 0.1) is 6.92 Å². The molecule has 1 aliphatic rings. The molecule has 0 atom stereocenters. The van der Waals surface area contributed by atoms with E-state index in [2.05, 4.69) is 5.32 Å². The highest BCUT2D eigenvalue weighted by molar-refractivity contribution is 7.89. The Bertz CT molecular complexity index is 971. The minimum absolute atomic E-state index is 0.159. The number of piperidine rings is 1. The van der Waals surface area contributed by atoms with E-state index in [1.807, 2.05) is 0 Å². The Balaban J connectivity index is 1.89. The summed E-state index contributed by atoms with van der Waals surface area (Å²) < 4.78 is 27.3. The number of amides is 1. The van der Waals surface area contributed by atoms with Gasteiger partial charge in [0.1, 0.15) is 0 Å². The lowest BCUT2D eigenvalue weighted by molar-refractivity contribution is 0.102. The SMILES string of the molecule is Cc1ccc(S(=O)(=O)N2CCCCC2)cc1NC(=O)c1cccc(Cl)c1Cl. The number of benzene rings is 2. The van der Waals surface area contributed by atoms with Crippen molar-refractivity contribution < 1.29 is 13.2 Å². The van der Waals surface area contributed by atoms with Crippen LogP contribution in [0.1, 0.15) is 35.2 Å². The molecule has 27 heavy (non-hydrogen) atoms. The van der Waals surface area contributed by atoms with Crippen molar-refractivity contribution in [2.75, 3.05) is 18.4 Å². The van der Waals surface area contributed by atoms with Crippen LogP contribution in [0.2, 0.25) is 10.0 Å². The fourth-order valence-electron chi connectivity index (χ4n) is 3.02. The van der Waals surface area contributed by atoms with Crippen LogP contribution >= 0.6 is 23.2 Å². The monoisotopic (exact) mass is 426 g/mol. The van der Waals surface area contributed by atoms with Gasteiger partial charge >= 0.3 is 0 Å². The van der Waals surface area contributed by atoms with Crippen molar-refractivity contribution in [3.63, 3.8) is 0 Å². The van der Waals surface area contributed by atoms with E-state index in [0.717, 1.165) is 24.8 Å². The lowest BCUT2D eigenvalue weighted by Crippen LogP contribution is -2.35. The van der Waals surface area contributed by atoms with Gasteiger partial charge < -0.3 is 5.32 Å². The molecular formula is C19H20Cl2N2O3S. The maximum absolute atomic E-state index is 12.9. The second-order valence-corrected chi connectivity index (χ2v) is 9.22. The molecule has 0 saturated carbocycles. The fourth-order valence-corrected chi connectivity index (χ4v) is 4.95. The third-order valence-corrected chi connectivity index (χ3v) is 7.32. The summed E-state index contributed by atoms with van der Waals surface area (Å²) in [7, 11) is -3.58. The van der Waals surface area contributed by atoms with Crippen LogP contribution < -0.4 is 5.32 Å². The van der Waals surface area contributed by atoms with Gasteiger partial charge in [-0.3, -0.25) is 4.79 Å². The third-order valence-electron chi connectivity index (χ3n) is 4.61. The van der Waals surface area contributed by atoms with Crippen LogP contribution in [0.25, 0.3) is 0 Å². The summed E-state index contributed by atoms with van der Waals surface area (Å²) in [5.41, 5.74) is 1.40. The summed E-state index contributed by atoms with van der Waals surface area (Å²) in [6.45, 7) is 2.85. The van der Waals surface area contributed by atoms with Gasteiger partial charge in [0, 0.05) is 18.8 Å². The van der Waals surface area contributed by atoms with Gasteiger partial charge in [0.05, 0.1) is 20.5 Å². The molecule has 1 amide bonds. The molecule has 0 radical (unpaired) electrons. The molecule has 5 nitrogen and oxygen atoms in total. The summed E-state index contributed by atoms with van der Waals surface area (Å²) >= 11 is 12.1. The molecule has 1 aliphatic heterocycles. The molecule has 1 N–H and O–H groups in total. The van der Waals surface area contributed by atoms with E-state index < -0.39 is 15.9 Å². The number of hydrogen-bond acceptors (Lipinski definition) is 3. The quantitative estimate of drug-likeness (QED) is 0.767. The lowest BCUT2D eigenvalue weighted by Gasteiger charge is -2.26. The molecule has 0 unspecified atom stereocenters. The molecule has 8 heteroatoms. The van der Waals surface area contributed by atoms with Crippen molar-refractivity contribution in [3.8, 4) is 0 Å². The number of rotatable bonds is 4. The van der Waals surface area contributed by atoms with Crippen molar-refractivity contribution in [2.45, 2.75) is 31.1 Å². The molecule has 0 bridgehead atoms. The first kappa shape index (κ1) is 20.1. The number of aryl methyl sites for hydroxylation is 1. The third kappa shape index (κ3) is 4.29. The van der Waals surface area contributed by atoms with Crippen LogP contribution in [0.15, 0.2) is 41.3 Å². The first-order chi connectivity index (χ1) is 12.8. The van der Waals surface area contributed by atoms with Crippen molar-refractivity contribution >= 4 is 44.8 Å². The van der Waals surface area contributed by atoms with Gasteiger partial charge in [0.2, 0.25) is 10.0 Å². The van der Waals surface area contributed by atoms with E-state index in [9.17, 15) is 13.2 Å². The van der Waals surface area contributed by atoms with Crippen LogP contribution in [0.4, 0.5) is 5.69 Å². The second-order valence-electron chi connectivity index (χ2n) is 6.50. The van der Waals surface area contributed by atoms with Crippen molar-refractivity contribution in [1.29, 1.82) is 0 Å². The lowest BCUT2D eigenvalue weighted by atomic mass is 10.1. The zero-order chi connectivity index (χ0) is 19.6. The summed E-state index contributed by atoms with van der Waals surface area (Å²) in [5, 5.41) is 3.18. The van der Waals surface area contributed by atoms with Gasteiger partial charge in [-0.1, -0.05) is 41.8 Å². The number of nitrogens with one attached hydrogen (secondary N) is 1. The van der Waals surface area contributed by atoms with E-state index in [1.54, 1.807) is 37.3 Å². The van der Waals surface area contributed by atoms with E-state index in [0.29, 0.717) is 18.8 Å². The number of halogens is 2. The zero-order valence-electron chi connectivity index (χ0n) is 14.8. The molecular weight excluding hydrogens is 407 g/mol. The number of carbonyl (C=O) groups is 1. The highest BCUT2D eigenvalue weighted by Crippen LogP contribution is 2.28. The number of carbonyl (C=O) groups excluding carboxylic acids is 1. The molecule has 1 fully saturated rings. The van der Waals surface area contributed by atoms with Gasteiger partial charge in [0.25, 0.3) is 5.91 Å². The minimum Gasteiger partial charge on any atom is -0.322 e. The maximum Gasteiger partial charge on any atom is 0.257 e. The number of anilines is 1. The van der Waals surface area contributed by atoms with Crippen LogP contribution in [0.3, 0.4) is 0 Å². The average Bonchev–Trinajstić information content (AvgIpc) is 2.66. The first-order valence-electron chi connectivity index (χ1n) is 8.67. The van der Waals surface area contributed by atoms with Crippen molar-refractivity contribution in [2.24, 2.45) is 0 Å². The van der Waals surface area contributed by atoms with Gasteiger partial charge in [-0.25, -0.2) is 8.42 Å². The maximum atomic E-state index is 12.9. The normalized spacial score (nSPS) is 15.5. The molecule has 1 saturated heterocycles. The predicted molar refractivity (Wildman–Crippen MR) is 108 cm³/mol. The largest absolute Gasteiger partial charge is 0.322 e. The Morgan fingerprint density at radius 3 is 2.48 bits per heavy atom. The smallest absolute Gasteiger partial charge is 0.257 e. The average molecular weight is 427 g/mol. The van der Waals surface area contributed by atoms with Crippen molar-refractivity contribution in [3.05, 3.63) is 57.6 Å². The Morgan fingerprint density at radius 1 is 1.07 bits per heavy atom. The molecule has 0 spiro atoms. The van der Waals surface area contributed by atoms with Crippen LogP contribution in [-0.2, 0) is 10.0 Å². The predicted octanol–water partition coefficient (Wildman–Crippen LogP) is 4.73. The highest BCUT2D eigenvalue weighted by Gasteiger charge is 2.26. The van der Waals surface area contributed by atoms with Crippen LogP contribution in [0.5, 0.6) is 0 Å². The summed E-state index contributed by atoms with van der Waals surface area (Å²) in [6.07, 6.45) is 2.77. The van der Waals surface area contributed by atoms with Crippen molar-refractivity contribution in [1.82, 2.24) is 4.31 Å². The number of hydrogen-bond donors (Lipinski definition) is 1. The molecule has 2 aromatic rings. The Kier molecular flexibility index (Phi) is 6.11. The fraction of sp³-hybridized carbons (Fsp3) is 0.316. The number of nitrogens with zero attached hydrogens (tertiary/aromatic N) is 1. The number of sulfonamides is 1. The molecule has 0 aliphatic carbocycles. The van der Waals surface area contributed by atoms with Gasteiger partial charge in [-0.05, 0) is 49.6 Å². The summed E-state index contributed by atoms with van der Waals surface area (Å²) in [6, 6.07) is 9.54. The Labute approximate surface area is 169 Å². The summed E-state index contributed by atoms with van der Waals surface area (Å²) in [5.74, 6) is -0.446. The standard InChI is InChI=1S/C19H20Cl2N2O3S/c1-13-8-9-14(27(25,26)23-10-3-2-4-11-23)12-17(13)22-19(24)15-6-5-7-16(20)18(15)21/h5-9,12H,2-4,10-11H2,1H3,(H,22,24). The Hall–Kier alpha value is -1.60. The van der Waals surface area contributed by atoms with Gasteiger partial charge in [-0.2, -0.15) is 4.31 Å². The van der Waals surface area contributed by atoms with Crippen LogP contribution in [-0.4, -0.2) is 31.7 Å². The topological polar surface area (TPSA) is 66.5 Å². The van der Waals surface area contributed by atoms with E-state index in [4.69, 9.17) is 23.2 Å².